The van der Waals surface area contributed by atoms with Gasteiger partial charge in [-0.3, -0.25) is 14.4 Å². The van der Waals surface area contributed by atoms with Crippen molar-refractivity contribution in [1.82, 2.24) is 21.3 Å². The minimum Gasteiger partial charge on any atom is -0.460 e. The normalized spacial score (nSPS) is 17.5. The number of unbranched alkanes of at least 4 members (excludes halogenated alkanes) is 1. The summed E-state index contributed by atoms with van der Waals surface area (Å²) in [7, 11) is 0. The first-order chi connectivity index (χ1) is 27.5. The van der Waals surface area contributed by atoms with Crippen molar-refractivity contribution in [2.45, 2.75) is 162 Å². The number of urea groups is 1. The maximum Gasteiger partial charge on any atom is 0.329 e. The molecule has 13 heteroatoms. The third-order valence-electron chi connectivity index (χ3n) is 9.91. The summed E-state index contributed by atoms with van der Waals surface area (Å²) in [5.74, 6) is -1.77. The van der Waals surface area contributed by atoms with Crippen LogP contribution in [0.5, 0.6) is 0 Å². The van der Waals surface area contributed by atoms with Crippen molar-refractivity contribution in [3.05, 3.63) is 48.0 Å². The molecule has 1 saturated carbocycles. The molecule has 2 aromatic carbocycles. The molecule has 0 spiro atoms. The Morgan fingerprint density at radius 1 is 0.678 bits per heavy atom. The van der Waals surface area contributed by atoms with E-state index in [0.717, 1.165) is 25.7 Å². The molecule has 0 saturated heterocycles. The van der Waals surface area contributed by atoms with Crippen LogP contribution in [0.4, 0.5) is 4.79 Å². The molecule has 2 aromatic rings. The molecule has 1 aliphatic rings. The Kier molecular flexibility index (Phi) is 18.2. The van der Waals surface area contributed by atoms with Crippen molar-refractivity contribution in [2.75, 3.05) is 13.1 Å². The zero-order valence-electron chi connectivity index (χ0n) is 37.1. The number of carbonyl (C=O) groups excluding carboxylic acids is 6. The molecule has 1 aliphatic carbocycles. The summed E-state index contributed by atoms with van der Waals surface area (Å²) in [6.07, 6.45) is 4.95. The summed E-state index contributed by atoms with van der Waals surface area (Å²) in [5.41, 5.74) is -1.20. The molecular weight excluding hydrogens is 753 g/mol. The number of fused-ring (bicyclic) bond motifs is 1. The molecule has 4 N–H and O–H groups in total. The highest BCUT2D eigenvalue weighted by molar-refractivity contribution is 5.88. The summed E-state index contributed by atoms with van der Waals surface area (Å²) in [5, 5.41) is 13.8. The fraction of sp³-hybridized carbons (Fsp3) is 0.652. The molecule has 0 aliphatic heterocycles. The predicted molar refractivity (Wildman–Crippen MR) is 228 cm³/mol. The van der Waals surface area contributed by atoms with E-state index in [4.69, 9.17) is 14.2 Å². The summed E-state index contributed by atoms with van der Waals surface area (Å²) in [6.45, 7) is 18.4. The molecule has 328 valence electrons. The highest BCUT2D eigenvalue weighted by Gasteiger charge is 2.32. The lowest BCUT2D eigenvalue weighted by atomic mass is 9.81. The zero-order valence-corrected chi connectivity index (χ0v) is 37.1. The highest BCUT2D eigenvalue weighted by Crippen LogP contribution is 2.29. The van der Waals surface area contributed by atoms with Gasteiger partial charge in [0.25, 0.3) is 0 Å². The van der Waals surface area contributed by atoms with Gasteiger partial charge < -0.3 is 35.5 Å². The number of hydrogen-bond donors (Lipinski definition) is 4. The monoisotopic (exact) mass is 823 g/mol. The van der Waals surface area contributed by atoms with Crippen LogP contribution in [0.25, 0.3) is 10.8 Å². The van der Waals surface area contributed by atoms with Crippen molar-refractivity contribution in [1.29, 1.82) is 0 Å². The Morgan fingerprint density at radius 3 is 1.83 bits per heavy atom. The Balaban J connectivity index is 1.44. The van der Waals surface area contributed by atoms with E-state index in [9.17, 15) is 28.8 Å². The third kappa shape index (κ3) is 18.4. The molecule has 1 fully saturated rings. The number of ether oxygens (including phenoxy) is 3. The van der Waals surface area contributed by atoms with Crippen LogP contribution >= 0.6 is 0 Å². The van der Waals surface area contributed by atoms with Gasteiger partial charge in [0.05, 0.1) is 0 Å². The number of hydrogen-bond acceptors (Lipinski definition) is 9. The van der Waals surface area contributed by atoms with Crippen LogP contribution in [0.15, 0.2) is 42.5 Å². The molecule has 13 nitrogen and oxygen atoms in total. The topological polar surface area (TPSA) is 178 Å². The minimum absolute atomic E-state index is 0.00282. The van der Waals surface area contributed by atoms with Crippen molar-refractivity contribution < 1.29 is 43.0 Å². The lowest BCUT2D eigenvalue weighted by Gasteiger charge is -2.28. The molecule has 59 heavy (non-hydrogen) atoms. The molecule has 0 bridgehead atoms. The van der Waals surface area contributed by atoms with Crippen LogP contribution < -0.4 is 21.3 Å². The molecular formula is C46H70N4O9. The SMILES string of the molecule is C[C@@H](Cc1cccc2ccccc12)C(=O)NCC1CCC(C(=O)NCCCC[C@H](NC(=O)N[C@@H](CCC(=O)OC(C)(C)C)C(=O)OC(C)(C)C)C(=O)OC(C)(C)C)CC1. The smallest absolute Gasteiger partial charge is 0.329 e. The number of esters is 3. The first kappa shape index (κ1) is 48.7. The van der Waals surface area contributed by atoms with E-state index in [1.165, 1.54) is 16.3 Å². The van der Waals surface area contributed by atoms with E-state index in [2.05, 4.69) is 45.5 Å². The standard InChI is InChI=1S/C46H70N4O9/c1-30(28-34-18-15-17-32-16-11-12-19-35(32)34)39(52)48-29-31-21-23-33(24-22-31)40(53)47-27-14-13-20-36(41(54)58-45(5,6)7)49-43(56)50-37(42(55)59-46(8,9)10)25-26-38(51)57-44(2,3)4/h11-12,15-19,30-31,33,36-37H,13-14,20-29H2,1-10H3,(H,47,53)(H,48,52)(H2,49,50,56)/t30-,31?,33?,36-,37-/m0/s1. The third-order valence-corrected chi connectivity index (χ3v) is 9.91. The van der Waals surface area contributed by atoms with E-state index >= 15 is 0 Å². The lowest BCUT2D eigenvalue weighted by molar-refractivity contribution is -0.159. The lowest BCUT2D eigenvalue weighted by Crippen LogP contribution is -2.53. The second kappa shape index (κ2) is 22.1. The molecule has 0 unspecified atom stereocenters. The van der Waals surface area contributed by atoms with Gasteiger partial charge in [-0.2, -0.15) is 0 Å². The van der Waals surface area contributed by atoms with Crippen LogP contribution in [0, 0.1) is 17.8 Å². The van der Waals surface area contributed by atoms with Crippen LogP contribution in [-0.2, 0) is 44.6 Å². The van der Waals surface area contributed by atoms with Gasteiger partial charge in [-0.15, -0.1) is 0 Å². The average Bonchev–Trinajstić information content (AvgIpc) is 3.13. The van der Waals surface area contributed by atoms with Crippen LogP contribution in [0.3, 0.4) is 0 Å². The number of carbonyl (C=O) groups is 6. The van der Waals surface area contributed by atoms with Gasteiger partial charge in [0.15, 0.2) is 0 Å². The quantitative estimate of drug-likeness (QED) is 0.0696. The van der Waals surface area contributed by atoms with Gasteiger partial charge >= 0.3 is 23.9 Å². The molecule has 0 aromatic heterocycles. The molecule has 4 amide bonds. The number of nitrogens with one attached hydrogen (secondary N) is 4. The summed E-state index contributed by atoms with van der Waals surface area (Å²) >= 11 is 0. The fourth-order valence-corrected chi connectivity index (χ4v) is 7.03. The van der Waals surface area contributed by atoms with Crippen LogP contribution in [0.2, 0.25) is 0 Å². The molecule has 3 rings (SSSR count). The van der Waals surface area contributed by atoms with E-state index in [-0.39, 0.29) is 42.9 Å². The number of rotatable bonds is 18. The summed E-state index contributed by atoms with van der Waals surface area (Å²) in [6, 6.07) is 11.4. The molecule has 3 atom stereocenters. The van der Waals surface area contributed by atoms with Crippen LogP contribution in [-0.4, -0.2) is 77.7 Å². The second-order valence-electron chi connectivity index (χ2n) is 18.9. The number of amides is 4. The van der Waals surface area contributed by atoms with Gasteiger partial charge in [-0.1, -0.05) is 49.4 Å². The largest absolute Gasteiger partial charge is 0.460 e. The van der Waals surface area contributed by atoms with Gasteiger partial charge in [0.2, 0.25) is 11.8 Å². The Morgan fingerprint density at radius 2 is 1.24 bits per heavy atom. The Labute approximate surface area is 351 Å². The molecule has 0 heterocycles. The maximum atomic E-state index is 13.2. The van der Waals surface area contributed by atoms with Crippen LogP contribution in [0.1, 0.15) is 133 Å². The van der Waals surface area contributed by atoms with E-state index in [0.29, 0.717) is 38.3 Å². The van der Waals surface area contributed by atoms with Crippen molar-refractivity contribution in [3.63, 3.8) is 0 Å². The number of benzene rings is 2. The summed E-state index contributed by atoms with van der Waals surface area (Å²) < 4.78 is 16.4. The van der Waals surface area contributed by atoms with E-state index < -0.39 is 52.8 Å². The van der Waals surface area contributed by atoms with Gasteiger partial charge in [0.1, 0.15) is 28.9 Å². The average molecular weight is 823 g/mol. The predicted octanol–water partition coefficient (Wildman–Crippen LogP) is 7.07. The van der Waals surface area contributed by atoms with Gasteiger partial charge in [0, 0.05) is 31.3 Å². The highest BCUT2D eigenvalue weighted by atomic mass is 16.6. The summed E-state index contributed by atoms with van der Waals surface area (Å²) in [4.78, 5) is 77.9. The fourth-order valence-electron chi connectivity index (χ4n) is 7.03. The Hall–Kier alpha value is -4.68. The van der Waals surface area contributed by atoms with Crippen molar-refractivity contribution in [3.8, 4) is 0 Å². The van der Waals surface area contributed by atoms with Gasteiger partial charge in [-0.25, -0.2) is 14.4 Å². The zero-order chi connectivity index (χ0) is 44.0. The van der Waals surface area contributed by atoms with Crippen molar-refractivity contribution >= 4 is 46.5 Å². The minimum atomic E-state index is -1.18. The first-order valence-corrected chi connectivity index (χ1v) is 21.3. The van der Waals surface area contributed by atoms with E-state index in [1.807, 2.05) is 25.1 Å². The maximum absolute atomic E-state index is 13.2. The first-order valence-electron chi connectivity index (χ1n) is 21.3. The van der Waals surface area contributed by atoms with Gasteiger partial charge in [-0.05, 0) is 142 Å². The second-order valence-corrected chi connectivity index (χ2v) is 18.9. The molecule has 0 radical (unpaired) electrons. The Bertz CT molecular complexity index is 1730. The van der Waals surface area contributed by atoms with E-state index in [1.54, 1.807) is 62.3 Å². The van der Waals surface area contributed by atoms with Crippen molar-refractivity contribution in [2.24, 2.45) is 17.8 Å².